The highest BCUT2D eigenvalue weighted by molar-refractivity contribution is 6.31. The van der Waals surface area contributed by atoms with Gasteiger partial charge in [-0.15, -0.1) is 0 Å². The Kier molecular flexibility index (Phi) is 6.18. The zero-order chi connectivity index (χ0) is 22.1. The maximum atomic E-state index is 13.1. The van der Waals surface area contributed by atoms with E-state index in [2.05, 4.69) is 0 Å². The van der Waals surface area contributed by atoms with Gasteiger partial charge in [0, 0.05) is 32.2 Å². The first-order chi connectivity index (χ1) is 14.1. The number of halogens is 4. The predicted molar refractivity (Wildman–Crippen MR) is 105 cm³/mol. The first-order valence-corrected chi connectivity index (χ1v) is 9.35. The molecule has 1 atom stereocenters. The average molecular weight is 443 g/mol. The number of primary amides is 1. The molecule has 0 aromatic heterocycles. The lowest BCUT2D eigenvalue weighted by molar-refractivity contribution is -0.384. The number of carbonyl (C=O) groups is 1. The van der Waals surface area contributed by atoms with E-state index in [9.17, 15) is 28.1 Å². The summed E-state index contributed by atoms with van der Waals surface area (Å²) in [5, 5.41) is 10.8. The van der Waals surface area contributed by atoms with Crippen LogP contribution in [0.4, 0.5) is 24.5 Å². The molecular formula is C19H18ClF3N4O3. The third-order valence-electron chi connectivity index (χ3n) is 4.97. The van der Waals surface area contributed by atoms with E-state index >= 15 is 0 Å². The smallest absolute Gasteiger partial charge is 0.368 e. The van der Waals surface area contributed by atoms with Gasteiger partial charge in [0.05, 0.1) is 15.5 Å². The number of hydrogen-bond donors (Lipinski definition) is 1. The van der Waals surface area contributed by atoms with E-state index in [0.29, 0.717) is 19.2 Å². The average Bonchev–Trinajstić information content (AvgIpc) is 2.68. The second-order valence-corrected chi connectivity index (χ2v) is 7.22. The van der Waals surface area contributed by atoms with Crippen molar-refractivity contribution in [1.29, 1.82) is 0 Å². The summed E-state index contributed by atoms with van der Waals surface area (Å²) in [5.41, 5.74) is 4.39. The van der Waals surface area contributed by atoms with Crippen molar-refractivity contribution in [2.75, 3.05) is 31.1 Å². The lowest BCUT2D eigenvalue weighted by Gasteiger charge is -2.39. The highest BCUT2D eigenvalue weighted by Gasteiger charge is 2.37. The first kappa shape index (κ1) is 21.8. The van der Waals surface area contributed by atoms with Crippen LogP contribution in [0.1, 0.15) is 17.2 Å². The molecule has 1 heterocycles. The summed E-state index contributed by atoms with van der Waals surface area (Å²) in [4.78, 5) is 26.0. The monoisotopic (exact) mass is 442 g/mol. The fourth-order valence-corrected chi connectivity index (χ4v) is 3.84. The van der Waals surface area contributed by atoms with Gasteiger partial charge in [-0.1, -0.05) is 41.9 Å². The van der Waals surface area contributed by atoms with Crippen molar-refractivity contribution in [3.63, 3.8) is 0 Å². The van der Waals surface area contributed by atoms with Gasteiger partial charge >= 0.3 is 6.18 Å². The van der Waals surface area contributed by atoms with Gasteiger partial charge in [-0.2, -0.15) is 13.2 Å². The maximum Gasteiger partial charge on any atom is 0.418 e. The van der Waals surface area contributed by atoms with Crippen molar-refractivity contribution in [2.45, 2.75) is 12.2 Å². The molecule has 1 saturated heterocycles. The van der Waals surface area contributed by atoms with Crippen LogP contribution < -0.4 is 10.6 Å². The van der Waals surface area contributed by atoms with Crippen molar-refractivity contribution in [1.82, 2.24) is 4.90 Å². The fourth-order valence-electron chi connectivity index (χ4n) is 3.58. The zero-order valence-electron chi connectivity index (χ0n) is 15.6. The summed E-state index contributed by atoms with van der Waals surface area (Å²) < 4.78 is 39.2. The molecule has 160 valence electrons. The fraction of sp³-hybridized carbons (Fsp3) is 0.316. The van der Waals surface area contributed by atoms with Gasteiger partial charge in [0.25, 0.3) is 5.69 Å². The van der Waals surface area contributed by atoms with Crippen LogP contribution in [-0.2, 0) is 11.0 Å². The molecule has 0 spiro atoms. The Hall–Kier alpha value is -2.85. The second-order valence-electron chi connectivity index (χ2n) is 6.81. The lowest BCUT2D eigenvalue weighted by atomic mass is 10.0. The third kappa shape index (κ3) is 4.49. The number of piperazine rings is 1. The summed E-state index contributed by atoms with van der Waals surface area (Å²) in [7, 11) is 0. The van der Waals surface area contributed by atoms with Gasteiger partial charge in [-0.3, -0.25) is 19.8 Å². The van der Waals surface area contributed by atoms with Crippen LogP contribution >= 0.6 is 11.6 Å². The number of nitrogens with two attached hydrogens (primary N) is 1. The summed E-state index contributed by atoms with van der Waals surface area (Å²) in [6.45, 7) is 1.16. The summed E-state index contributed by atoms with van der Waals surface area (Å²) in [6.07, 6.45) is -4.80. The van der Waals surface area contributed by atoms with E-state index in [4.69, 9.17) is 17.3 Å². The Morgan fingerprint density at radius 3 is 2.23 bits per heavy atom. The molecule has 1 aliphatic rings. The minimum Gasteiger partial charge on any atom is -0.368 e. The number of anilines is 1. The molecule has 0 bridgehead atoms. The van der Waals surface area contributed by atoms with Gasteiger partial charge in [0.2, 0.25) is 5.91 Å². The normalized spacial score (nSPS) is 16.3. The summed E-state index contributed by atoms with van der Waals surface area (Å²) >= 11 is 5.77. The molecule has 0 saturated carbocycles. The Labute approximate surface area is 175 Å². The van der Waals surface area contributed by atoms with Crippen molar-refractivity contribution < 1.29 is 22.9 Å². The molecule has 2 aromatic rings. The summed E-state index contributed by atoms with van der Waals surface area (Å²) in [5.74, 6) is -0.529. The Morgan fingerprint density at radius 1 is 1.13 bits per heavy atom. The van der Waals surface area contributed by atoms with E-state index < -0.39 is 39.3 Å². The Balaban J connectivity index is 1.85. The van der Waals surface area contributed by atoms with Crippen molar-refractivity contribution in [3.05, 3.63) is 68.7 Å². The topological polar surface area (TPSA) is 92.7 Å². The number of rotatable bonds is 5. The first-order valence-electron chi connectivity index (χ1n) is 8.98. The molecule has 0 radical (unpaired) electrons. The molecule has 1 unspecified atom stereocenters. The van der Waals surface area contributed by atoms with Gasteiger partial charge < -0.3 is 10.6 Å². The van der Waals surface area contributed by atoms with E-state index in [1.54, 1.807) is 29.2 Å². The third-order valence-corrected chi connectivity index (χ3v) is 5.28. The molecule has 1 fully saturated rings. The van der Waals surface area contributed by atoms with Crippen LogP contribution in [0.5, 0.6) is 0 Å². The number of nitro groups is 1. The van der Waals surface area contributed by atoms with Gasteiger partial charge in [-0.05, 0) is 11.6 Å². The number of nitrogens with zero attached hydrogens (tertiary/aromatic N) is 3. The molecule has 30 heavy (non-hydrogen) atoms. The Morgan fingerprint density at radius 2 is 1.73 bits per heavy atom. The Bertz CT molecular complexity index is 948. The zero-order valence-corrected chi connectivity index (χ0v) is 16.4. The molecule has 7 nitrogen and oxygen atoms in total. The van der Waals surface area contributed by atoms with Crippen LogP contribution in [0.2, 0.25) is 5.02 Å². The number of alkyl halides is 3. The van der Waals surface area contributed by atoms with E-state index in [1.807, 2.05) is 11.0 Å². The number of nitro benzene ring substituents is 1. The maximum absolute atomic E-state index is 13.1. The van der Waals surface area contributed by atoms with Crippen LogP contribution in [-0.4, -0.2) is 41.9 Å². The highest BCUT2D eigenvalue weighted by Crippen LogP contribution is 2.41. The van der Waals surface area contributed by atoms with Gasteiger partial charge in [-0.25, -0.2) is 0 Å². The molecule has 0 aliphatic carbocycles. The standard InChI is InChI=1S/C19H18ClF3N4O3/c20-14-11-15(16(27(29)30)10-13(14)19(21,22)23)25-6-8-26(9-7-25)17(18(24)28)12-4-2-1-3-5-12/h1-5,10-11,17H,6-9H2,(H2,24,28). The number of amides is 1. The van der Waals surface area contributed by atoms with Crippen LogP contribution in [0, 0.1) is 10.1 Å². The van der Waals surface area contributed by atoms with Crippen LogP contribution in [0.3, 0.4) is 0 Å². The van der Waals surface area contributed by atoms with Crippen LogP contribution in [0.25, 0.3) is 0 Å². The quantitative estimate of drug-likeness (QED) is 0.564. The van der Waals surface area contributed by atoms with Gasteiger partial charge in [0.1, 0.15) is 11.7 Å². The van der Waals surface area contributed by atoms with Crippen molar-refractivity contribution >= 4 is 28.9 Å². The molecule has 11 heteroatoms. The predicted octanol–water partition coefficient (Wildman–Crippen LogP) is 3.62. The van der Waals surface area contributed by atoms with E-state index in [1.165, 1.54) is 0 Å². The molecule has 1 amide bonds. The minimum absolute atomic E-state index is 0.00739. The molecule has 2 aromatic carbocycles. The van der Waals surface area contributed by atoms with E-state index in [-0.39, 0.29) is 18.8 Å². The lowest BCUT2D eigenvalue weighted by Crippen LogP contribution is -2.50. The molecule has 3 rings (SSSR count). The second kappa shape index (κ2) is 8.49. The van der Waals surface area contributed by atoms with Crippen molar-refractivity contribution in [3.8, 4) is 0 Å². The van der Waals surface area contributed by atoms with Crippen LogP contribution in [0.15, 0.2) is 42.5 Å². The largest absolute Gasteiger partial charge is 0.418 e. The van der Waals surface area contributed by atoms with Crippen molar-refractivity contribution in [2.24, 2.45) is 5.73 Å². The molecule has 1 aliphatic heterocycles. The number of hydrogen-bond acceptors (Lipinski definition) is 5. The highest BCUT2D eigenvalue weighted by atomic mass is 35.5. The molecular weight excluding hydrogens is 425 g/mol. The number of carbonyl (C=O) groups excluding carboxylic acids is 1. The minimum atomic E-state index is -4.80. The molecule has 2 N–H and O–H groups in total. The SMILES string of the molecule is NC(=O)C(c1ccccc1)N1CCN(c2cc(Cl)c(C(F)(F)F)cc2[N+](=O)[O-])CC1. The van der Waals surface area contributed by atoms with Gasteiger partial charge in [0.15, 0.2) is 0 Å². The van der Waals surface area contributed by atoms with E-state index in [0.717, 1.165) is 11.6 Å². The number of benzene rings is 2. The summed E-state index contributed by atoms with van der Waals surface area (Å²) in [6, 6.07) is 9.71.